The van der Waals surface area contributed by atoms with Gasteiger partial charge in [0.15, 0.2) is 0 Å². The quantitative estimate of drug-likeness (QED) is 0.682. The zero-order chi connectivity index (χ0) is 17.0. The lowest BCUT2D eigenvalue weighted by Gasteiger charge is -2.27. The Hall–Kier alpha value is -3.07. The third-order valence-electron chi connectivity index (χ3n) is 3.37. The zero-order valence-electron chi connectivity index (χ0n) is 12.5. The van der Waals surface area contributed by atoms with Crippen LogP contribution >= 0.6 is 0 Å². The summed E-state index contributed by atoms with van der Waals surface area (Å²) in [6.45, 7) is 4.97. The van der Waals surface area contributed by atoms with Gasteiger partial charge in [0, 0.05) is 5.56 Å². The molecule has 118 valence electrons. The Labute approximate surface area is 133 Å². The van der Waals surface area contributed by atoms with Gasteiger partial charge < -0.3 is 15.2 Å². The van der Waals surface area contributed by atoms with Crippen molar-refractivity contribution in [2.24, 2.45) is 5.73 Å². The minimum absolute atomic E-state index is 0.0132. The predicted molar refractivity (Wildman–Crippen MR) is 80.9 cm³/mol. The van der Waals surface area contributed by atoms with E-state index in [1.807, 2.05) is 6.07 Å². The second-order valence-corrected chi connectivity index (χ2v) is 4.80. The molecule has 0 aromatic heterocycles. The highest BCUT2D eigenvalue weighted by Crippen LogP contribution is 2.40. The van der Waals surface area contributed by atoms with Gasteiger partial charge in [-0.2, -0.15) is 5.26 Å². The molecule has 1 aliphatic heterocycles. The highest BCUT2D eigenvalue weighted by atomic mass is 19.1. The van der Waals surface area contributed by atoms with Gasteiger partial charge in [0.05, 0.1) is 11.5 Å². The normalized spacial score (nSPS) is 17.3. The van der Waals surface area contributed by atoms with Crippen LogP contribution in [0.5, 0.6) is 0 Å². The van der Waals surface area contributed by atoms with Crippen molar-refractivity contribution in [1.82, 2.24) is 0 Å². The van der Waals surface area contributed by atoms with Crippen molar-refractivity contribution in [1.29, 1.82) is 5.26 Å². The molecule has 0 fully saturated rings. The molecule has 2 N–H and O–H groups in total. The molecule has 5 nitrogen and oxygen atoms in total. The molecule has 0 amide bonds. The van der Waals surface area contributed by atoms with Gasteiger partial charge in [0.2, 0.25) is 5.88 Å². The average molecular weight is 314 g/mol. The van der Waals surface area contributed by atoms with Crippen LogP contribution in [0.4, 0.5) is 4.39 Å². The van der Waals surface area contributed by atoms with Crippen LogP contribution < -0.4 is 5.73 Å². The molecule has 0 saturated carbocycles. The summed E-state index contributed by atoms with van der Waals surface area (Å²) >= 11 is 0. The summed E-state index contributed by atoms with van der Waals surface area (Å²) < 4.78 is 24.5. The van der Waals surface area contributed by atoms with Crippen molar-refractivity contribution in [3.05, 3.63) is 71.1 Å². The van der Waals surface area contributed by atoms with Crippen molar-refractivity contribution >= 4 is 5.97 Å². The number of carbonyl (C=O) groups is 1. The van der Waals surface area contributed by atoms with E-state index < -0.39 is 17.7 Å². The number of halogens is 1. The van der Waals surface area contributed by atoms with Gasteiger partial charge in [0.25, 0.3) is 0 Å². The van der Waals surface area contributed by atoms with Gasteiger partial charge in [-0.25, -0.2) is 9.18 Å². The third kappa shape index (κ3) is 3.09. The standard InChI is InChI=1S/C17H15FN2O3/c1-3-8-22-17(21)14-10(2)23-16(20)12(9-19)15(14)11-6-4-5-7-13(11)18/h3-7,15H,1,8,20H2,2H3/t15-/m0/s1. The van der Waals surface area contributed by atoms with Gasteiger partial charge in [-0.1, -0.05) is 30.9 Å². The van der Waals surface area contributed by atoms with Crippen molar-refractivity contribution < 1.29 is 18.7 Å². The van der Waals surface area contributed by atoms with Crippen LogP contribution in [-0.4, -0.2) is 12.6 Å². The second kappa shape index (κ2) is 6.79. The van der Waals surface area contributed by atoms with E-state index in [0.29, 0.717) is 0 Å². The maximum Gasteiger partial charge on any atom is 0.338 e. The van der Waals surface area contributed by atoms with Crippen LogP contribution in [0, 0.1) is 17.1 Å². The lowest BCUT2D eigenvalue weighted by molar-refractivity contribution is -0.138. The van der Waals surface area contributed by atoms with Crippen molar-refractivity contribution in [3.63, 3.8) is 0 Å². The van der Waals surface area contributed by atoms with Crippen LogP contribution in [0.15, 0.2) is 59.7 Å². The van der Waals surface area contributed by atoms with E-state index in [9.17, 15) is 14.4 Å². The van der Waals surface area contributed by atoms with Crippen molar-refractivity contribution in [2.45, 2.75) is 12.8 Å². The van der Waals surface area contributed by atoms with Gasteiger partial charge in [-0.05, 0) is 13.0 Å². The molecule has 0 unspecified atom stereocenters. The first kappa shape index (κ1) is 16.3. The lowest BCUT2D eigenvalue weighted by Crippen LogP contribution is -2.26. The average Bonchev–Trinajstić information content (AvgIpc) is 2.52. The molecule has 1 aromatic carbocycles. The Kier molecular flexibility index (Phi) is 4.82. The van der Waals surface area contributed by atoms with E-state index in [2.05, 4.69) is 6.58 Å². The number of nitrogens with two attached hydrogens (primary N) is 1. The number of hydrogen-bond donors (Lipinski definition) is 1. The molecule has 2 rings (SSSR count). The van der Waals surface area contributed by atoms with Gasteiger partial charge in [0.1, 0.15) is 29.8 Å². The summed E-state index contributed by atoms with van der Waals surface area (Å²) in [5.74, 6) is -2.23. The molecule has 1 aliphatic rings. The van der Waals surface area contributed by atoms with E-state index in [1.165, 1.54) is 31.2 Å². The van der Waals surface area contributed by atoms with Crippen LogP contribution in [0.2, 0.25) is 0 Å². The third-order valence-corrected chi connectivity index (χ3v) is 3.37. The maximum absolute atomic E-state index is 14.2. The maximum atomic E-state index is 14.2. The molecule has 1 heterocycles. The van der Waals surface area contributed by atoms with Crippen LogP contribution in [-0.2, 0) is 14.3 Å². The summed E-state index contributed by atoms with van der Waals surface area (Å²) in [6, 6.07) is 7.76. The fourth-order valence-electron chi connectivity index (χ4n) is 2.38. The summed E-state index contributed by atoms with van der Waals surface area (Å²) in [4.78, 5) is 12.3. The highest BCUT2D eigenvalue weighted by Gasteiger charge is 2.37. The largest absolute Gasteiger partial charge is 0.458 e. The van der Waals surface area contributed by atoms with Crippen LogP contribution in [0.3, 0.4) is 0 Å². The van der Waals surface area contributed by atoms with Crippen LogP contribution in [0.1, 0.15) is 18.4 Å². The first-order valence-corrected chi connectivity index (χ1v) is 6.82. The molecular formula is C17H15FN2O3. The van der Waals surface area contributed by atoms with Gasteiger partial charge >= 0.3 is 5.97 Å². The monoisotopic (exact) mass is 314 g/mol. The number of carbonyl (C=O) groups excluding carboxylic acids is 1. The minimum atomic E-state index is -0.979. The number of nitriles is 1. The summed E-state index contributed by atoms with van der Waals surface area (Å²) in [5, 5.41) is 9.36. The van der Waals surface area contributed by atoms with E-state index in [0.717, 1.165) is 0 Å². The number of ether oxygens (including phenoxy) is 2. The molecule has 6 heteroatoms. The van der Waals surface area contributed by atoms with Gasteiger partial charge in [-0.15, -0.1) is 0 Å². The van der Waals surface area contributed by atoms with Crippen molar-refractivity contribution in [2.75, 3.05) is 6.61 Å². The molecule has 1 aromatic rings. The van der Waals surface area contributed by atoms with Gasteiger partial charge in [-0.3, -0.25) is 0 Å². The molecule has 0 bridgehead atoms. The Morgan fingerprint density at radius 2 is 2.26 bits per heavy atom. The molecule has 0 radical (unpaired) electrons. The summed E-state index contributed by atoms with van der Waals surface area (Å²) in [5.41, 5.74) is 5.89. The molecule has 1 atom stereocenters. The molecule has 0 saturated heterocycles. The number of esters is 1. The number of benzene rings is 1. The minimum Gasteiger partial charge on any atom is -0.458 e. The fraction of sp³-hybridized carbons (Fsp3) is 0.176. The first-order valence-electron chi connectivity index (χ1n) is 6.82. The lowest BCUT2D eigenvalue weighted by atomic mass is 9.83. The smallest absolute Gasteiger partial charge is 0.338 e. The number of hydrogen-bond acceptors (Lipinski definition) is 5. The Balaban J connectivity index is 2.60. The number of nitrogens with zero attached hydrogens (tertiary/aromatic N) is 1. The Morgan fingerprint density at radius 3 is 2.87 bits per heavy atom. The topological polar surface area (TPSA) is 85.3 Å². The summed E-state index contributed by atoms with van der Waals surface area (Å²) in [7, 11) is 0. The van der Waals surface area contributed by atoms with E-state index in [-0.39, 0.29) is 35.0 Å². The molecule has 0 spiro atoms. The van der Waals surface area contributed by atoms with E-state index in [4.69, 9.17) is 15.2 Å². The molecule has 23 heavy (non-hydrogen) atoms. The second-order valence-electron chi connectivity index (χ2n) is 4.80. The van der Waals surface area contributed by atoms with E-state index >= 15 is 0 Å². The zero-order valence-corrected chi connectivity index (χ0v) is 12.5. The summed E-state index contributed by atoms with van der Waals surface area (Å²) in [6.07, 6.45) is 1.41. The van der Waals surface area contributed by atoms with Crippen LogP contribution in [0.25, 0.3) is 0 Å². The molecule has 0 aliphatic carbocycles. The fourth-order valence-corrected chi connectivity index (χ4v) is 2.38. The Morgan fingerprint density at radius 1 is 1.57 bits per heavy atom. The molecular weight excluding hydrogens is 299 g/mol. The predicted octanol–water partition coefficient (Wildman–Crippen LogP) is 2.64. The SMILES string of the molecule is C=CCOC(=O)C1=C(C)OC(N)=C(C#N)[C@@H]1c1ccccc1F. The first-order chi connectivity index (χ1) is 11.0. The number of rotatable bonds is 4. The number of allylic oxidation sites excluding steroid dienone is 2. The van der Waals surface area contributed by atoms with Crippen molar-refractivity contribution in [3.8, 4) is 6.07 Å². The highest BCUT2D eigenvalue weighted by molar-refractivity contribution is 5.92. The van der Waals surface area contributed by atoms with E-state index in [1.54, 1.807) is 6.07 Å². The Bertz CT molecular complexity index is 759.